The normalized spacial score (nSPS) is 11.0. The average Bonchev–Trinajstić information content (AvgIpc) is 2.84. The molecular formula is C15H21N3O4. The van der Waals surface area contributed by atoms with Gasteiger partial charge in [0, 0.05) is 26.8 Å². The Morgan fingerprint density at radius 2 is 2.27 bits per heavy atom. The Bertz CT molecular complexity index is 717. The molecule has 0 aliphatic heterocycles. The topological polar surface area (TPSA) is 86.4 Å². The van der Waals surface area contributed by atoms with Gasteiger partial charge in [-0.2, -0.15) is 0 Å². The van der Waals surface area contributed by atoms with Crippen molar-refractivity contribution in [1.29, 1.82) is 0 Å². The molecule has 2 rings (SSSR count). The van der Waals surface area contributed by atoms with E-state index < -0.39 is 0 Å². The first-order chi connectivity index (χ1) is 10.6. The van der Waals surface area contributed by atoms with Crippen LogP contribution in [-0.4, -0.2) is 35.7 Å². The maximum absolute atomic E-state index is 12.6. The summed E-state index contributed by atoms with van der Waals surface area (Å²) < 4.78 is 11.9. The van der Waals surface area contributed by atoms with Crippen LogP contribution < -0.4 is 10.9 Å². The van der Waals surface area contributed by atoms with Crippen LogP contribution in [0.5, 0.6) is 0 Å². The second-order valence-electron chi connectivity index (χ2n) is 5.06. The molecule has 120 valence electrons. The Morgan fingerprint density at radius 1 is 1.50 bits per heavy atom. The highest BCUT2D eigenvalue weighted by Crippen LogP contribution is 2.20. The number of nitrogens with one attached hydrogen (secondary N) is 1. The van der Waals surface area contributed by atoms with Gasteiger partial charge in [0.1, 0.15) is 17.5 Å². The van der Waals surface area contributed by atoms with Gasteiger partial charge in [-0.05, 0) is 19.8 Å². The smallest absolute Gasteiger partial charge is 0.265 e. The van der Waals surface area contributed by atoms with E-state index in [-0.39, 0.29) is 28.1 Å². The molecule has 0 saturated carbocycles. The number of ether oxygens (including phenoxy) is 1. The van der Waals surface area contributed by atoms with E-state index in [1.807, 2.05) is 6.92 Å². The Kier molecular flexibility index (Phi) is 5.32. The number of rotatable bonds is 7. The van der Waals surface area contributed by atoms with Gasteiger partial charge < -0.3 is 14.5 Å². The van der Waals surface area contributed by atoms with E-state index in [9.17, 15) is 9.59 Å². The van der Waals surface area contributed by atoms with Crippen molar-refractivity contribution in [3.05, 3.63) is 28.0 Å². The van der Waals surface area contributed by atoms with Crippen molar-refractivity contribution in [3.63, 3.8) is 0 Å². The predicted molar refractivity (Wildman–Crippen MR) is 82.1 cm³/mol. The van der Waals surface area contributed by atoms with E-state index >= 15 is 0 Å². The third-order valence-corrected chi connectivity index (χ3v) is 3.36. The monoisotopic (exact) mass is 307 g/mol. The summed E-state index contributed by atoms with van der Waals surface area (Å²) in [6.07, 6.45) is 2.95. The van der Waals surface area contributed by atoms with Crippen LogP contribution in [0.2, 0.25) is 0 Å². The van der Waals surface area contributed by atoms with Crippen LogP contribution in [0.15, 0.2) is 15.5 Å². The minimum absolute atomic E-state index is 0.201. The van der Waals surface area contributed by atoms with E-state index in [2.05, 4.69) is 10.3 Å². The van der Waals surface area contributed by atoms with Gasteiger partial charge in [0.05, 0.1) is 5.56 Å². The number of amides is 1. The van der Waals surface area contributed by atoms with Crippen molar-refractivity contribution in [2.75, 3.05) is 20.3 Å². The molecule has 0 spiro atoms. The SMILES string of the molecule is CCCNC(=O)c1c(C)oc2ncn(CCCOC)c(=O)c12. The lowest BCUT2D eigenvalue weighted by Gasteiger charge is -2.05. The molecule has 0 aliphatic carbocycles. The zero-order valence-electron chi connectivity index (χ0n) is 13.1. The lowest BCUT2D eigenvalue weighted by molar-refractivity contribution is 0.0953. The number of fused-ring (bicyclic) bond motifs is 1. The molecule has 0 bridgehead atoms. The second-order valence-corrected chi connectivity index (χ2v) is 5.06. The fourth-order valence-electron chi connectivity index (χ4n) is 2.28. The highest BCUT2D eigenvalue weighted by molar-refractivity contribution is 6.06. The van der Waals surface area contributed by atoms with Crippen LogP contribution in [-0.2, 0) is 11.3 Å². The summed E-state index contributed by atoms with van der Waals surface area (Å²) in [6, 6.07) is 0. The number of carbonyl (C=O) groups is 1. The van der Waals surface area contributed by atoms with Gasteiger partial charge in [-0.3, -0.25) is 14.2 Å². The number of hydrogen-bond acceptors (Lipinski definition) is 5. The number of hydrogen-bond donors (Lipinski definition) is 1. The van der Waals surface area contributed by atoms with Crippen molar-refractivity contribution in [3.8, 4) is 0 Å². The first kappa shape index (κ1) is 16.2. The Balaban J connectivity index is 2.43. The third kappa shape index (κ3) is 3.19. The van der Waals surface area contributed by atoms with Gasteiger partial charge in [0.2, 0.25) is 5.71 Å². The summed E-state index contributed by atoms with van der Waals surface area (Å²) in [5.41, 5.74) is 0.216. The zero-order chi connectivity index (χ0) is 16.1. The quantitative estimate of drug-likeness (QED) is 0.783. The van der Waals surface area contributed by atoms with Gasteiger partial charge in [-0.1, -0.05) is 6.92 Å². The number of furan rings is 1. The molecule has 2 heterocycles. The molecule has 1 amide bonds. The van der Waals surface area contributed by atoms with Crippen LogP contribution >= 0.6 is 0 Å². The predicted octanol–water partition coefficient (Wildman–Crippen LogP) is 1.47. The van der Waals surface area contributed by atoms with Crippen LogP contribution in [0.25, 0.3) is 11.1 Å². The summed E-state index contributed by atoms with van der Waals surface area (Å²) in [6.45, 7) is 5.21. The molecule has 0 fully saturated rings. The largest absolute Gasteiger partial charge is 0.442 e. The fourth-order valence-corrected chi connectivity index (χ4v) is 2.28. The van der Waals surface area contributed by atoms with Crippen molar-refractivity contribution in [2.45, 2.75) is 33.2 Å². The molecule has 0 radical (unpaired) electrons. The van der Waals surface area contributed by atoms with Gasteiger partial charge in [0.25, 0.3) is 11.5 Å². The van der Waals surface area contributed by atoms with Gasteiger partial charge in [0.15, 0.2) is 0 Å². The maximum Gasteiger partial charge on any atom is 0.265 e. The van der Waals surface area contributed by atoms with Crippen LogP contribution in [0.1, 0.15) is 35.9 Å². The molecule has 0 atom stereocenters. The van der Waals surface area contributed by atoms with E-state index in [0.717, 1.165) is 6.42 Å². The molecule has 0 aliphatic rings. The van der Waals surface area contributed by atoms with Gasteiger partial charge >= 0.3 is 0 Å². The Morgan fingerprint density at radius 3 is 2.95 bits per heavy atom. The van der Waals surface area contributed by atoms with Crippen LogP contribution in [0.4, 0.5) is 0 Å². The fraction of sp³-hybridized carbons (Fsp3) is 0.533. The summed E-state index contributed by atoms with van der Waals surface area (Å²) >= 11 is 0. The first-order valence-electron chi connectivity index (χ1n) is 7.35. The first-order valence-corrected chi connectivity index (χ1v) is 7.35. The summed E-state index contributed by atoms with van der Waals surface area (Å²) in [7, 11) is 1.61. The highest BCUT2D eigenvalue weighted by Gasteiger charge is 2.22. The molecule has 1 N–H and O–H groups in total. The van der Waals surface area contributed by atoms with E-state index in [1.54, 1.807) is 14.0 Å². The van der Waals surface area contributed by atoms with Crippen molar-refractivity contribution < 1.29 is 13.9 Å². The lowest BCUT2D eigenvalue weighted by atomic mass is 10.1. The molecule has 0 saturated heterocycles. The molecule has 22 heavy (non-hydrogen) atoms. The van der Waals surface area contributed by atoms with E-state index in [0.29, 0.717) is 31.9 Å². The Hall–Kier alpha value is -2.15. The molecule has 2 aromatic heterocycles. The minimum Gasteiger partial charge on any atom is -0.442 e. The third-order valence-electron chi connectivity index (χ3n) is 3.36. The van der Waals surface area contributed by atoms with Crippen LogP contribution in [0.3, 0.4) is 0 Å². The molecule has 2 aromatic rings. The van der Waals surface area contributed by atoms with E-state index in [1.165, 1.54) is 10.9 Å². The molecule has 0 unspecified atom stereocenters. The summed E-state index contributed by atoms with van der Waals surface area (Å²) in [5, 5.41) is 3.01. The number of nitrogens with zero attached hydrogens (tertiary/aromatic N) is 2. The molecular weight excluding hydrogens is 286 g/mol. The van der Waals surface area contributed by atoms with Crippen molar-refractivity contribution in [1.82, 2.24) is 14.9 Å². The van der Waals surface area contributed by atoms with Crippen molar-refractivity contribution >= 4 is 17.0 Å². The van der Waals surface area contributed by atoms with Gasteiger partial charge in [-0.25, -0.2) is 4.98 Å². The average molecular weight is 307 g/mol. The van der Waals surface area contributed by atoms with Crippen molar-refractivity contribution in [2.24, 2.45) is 0 Å². The summed E-state index contributed by atoms with van der Waals surface area (Å²) in [5.74, 6) is 0.106. The minimum atomic E-state index is -0.299. The molecule has 0 aromatic carbocycles. The molecule has 7 nitrogen and oxygen atoms in total. The number of methoxy groups -OCH3 is 1. The number of carbonyl (C=O) groups excluding carboxylic acids is 1. The zero-order valence-corrected chi connectivity index (χ0v) is 13.1. The number of aryl methyl sites for hydroxylation is 2. The molecule has 7 heteroatoms. The second kappa shape index (κ2) is 7.22. The Labute approximate surface area is 128 Å². The van der Waals surface area contributed by atoms with Gasteiger partial charge in [-0.15, -0.1) is 0 Å². The van der Waals surface area contributed by atoms with E-state index in [4.69, 9.17) is 9.15 Å². The highest BCUT2D eigenvalue weighted by atomic mass is 16.5. The number of aromatic nitrogens is 2. The standard InChI is InChI=1S/C15H21N3O4/c1-4-6-16-13(19)11-10(2)22-14-12(11)15(20)18(9-17-14)7-5-8-21-3/h9H,4-8H2,1-3H3,(H,16,19). The summed E-state index contributed by atoms with van der Waals surface area (Å²) in [4.78, 5) is 29.0. The van der Waals surface area contributed by atoms with Crippen LogP contribution in [0, 0.1) is 6.92 Å². The maximum atomic E-state index is 12.6. The lowest BCUT2D eigenvalue weighted by Crippen LogP contribution is -2.27.